The molecule has 0 radical (unpaired) electrons. The molecule has 104 valence electrons. The lowest BCUT2D eigenvalue weighted by Gasteiger charge is -2.17. The molecule has 2 rings (SSSR count). The first-order valence-electron chi connectivity index (χ1n) is 5.60. The number of methoxy groups -OCH3 is 1. The van der Waals surface area contributed by atoms with Crippen LogP contribution < -0.4 is 10.6 Å². The van der Waals surface area contributed by atoms with E-state index in [1.54, 1.807) is 24.1 Å². The number of nitrogens with zero attached hydrogens (tertiary/aromatic N) is 4. The number of nitrogen functional groups attached to an aromatic ring is 1. The van der Waals surface area contributed by atoms with Crippen LogP contribution in [0.25, 0.3) is 0 Å². The Bertz CT molecular complexity index is 632. The molecule has 0 fully saturated rings. The van der Waals surface area contributed by atoms with E-state index in [2.05, 4.69) is 19.7 Å². The zero-order valence-corrected chi connectivity index (χ0v) is 10.9. The van der Waals surface area contributed by atoms with E-state index in [-0.39, 0.29) is 23.5 Å². The standard InChI is InChI=1S/C12H12FN5O2/c1-18(8-5-3-7(13)4-6-8)12-16-9(10(19)20-2)15-11(14)17-12/h3-6H,1-2H3,(H2,14,15,16,17). The highest BCUT2D eigenvalue weighted by atomic mass is 19.1. The Kier molecular flexibility index (Phi) is 3.74. The van der Waals surface area contributed by atoms with E-state index in [1.807, 2.05) is 0 Å². The number of rotatable bonds is 3. The monoisotopic (exact) mass is 277 g/mol. The van der Waals surface area contributed by atoms with E-state index in [0.29, 0.717) is 5.69 Å². The van der Waals surface area contributed by atoms with Crippen LogP contribution in [0, 0.1) is 5.82 Å². The maximum Gasteiger partial charge on any atom is 0.376 e. The largest absolute Gasteiger partial charge is 0.463 e. The quantitative estimate of drug-likeness (QED) is 0.841. The summed E-state index contributed by atoms with van der Waals surface area (Å²) in [6.45, 7) is 0. The number of hydrogen-bond donors (Lipinski definition) is 1. The summed E-state index contributed by atoms with van der Waals surface area (Å²) in [5.74, 6) is -1.21. The fraction of sp³-hybridized carbons (Fsp3) is 0.167. The first kappa shape index (κ1) is 13.7. The number of ether oxygens (including phenoxy) is 1. The molecule has 0 unspecified atom stereocenters. The van der Waals surface area contributed by atoms with Crippen LogP contribution in [-0.2, 0) is 4.74 Å². The van der Waals surface area contributed by atoms with Gasteiger partial charge in [0.1, 0.15) is 5.82 Å². The maximum absolute atomic E-state index is 12.9. The second kappa shape index (κ2) is 5.47. The molecule has 1 aromatic heterocycles. The lowest BCUT2D eigenvalue weighted by molar-refractivity contribution is 0.0586. The fourth-order valence-corrected chi connectivity index (χ4v) is 1.49. The van der Waals surface area contributed by atoms with E-state index >= 15 is 0 Å². The Hall–Kier alpha value is -2.77. The van der Waals surface area contributed by atoms with Crippen molar-refractivity contribution in [1.82, 2.24) is 15.0 Å². The normalized spacial score (nSPS) is 10.2. The van der Waals surface area contributed by atoms with E-state index < -0.39 is 5.97 Å². The lowest BCUT2D eigenvalue weighted by atomic mass is 10.3. The summed E-state index contributed by atoms with van der Waals surface area (Å²) in [6.07, 6.45) is 0. The summed E-state index contributed by atoms with van der Waals surface area (Å²) < 4.78 is 17.4. The molecule has 2 N–H and O–H groups in total. The lowest BCUT2D eigenvalue weighted by Crippen LogP contribution is -2.18. The molecule has 0 aliphatic heterocycles. The van der Waals surface area contributed by atoms with E-state index in [0.717, 1.165) is 0 Å². The molecule has 1 aromatic carbocycles. The van der Waals surface area contributed by atoms with Crippen LogP contribution in [0.5, 0.6) is 0 Å². The molecule has 0 saturated carbocycles. The number of carbonyl (C=O) groups is 1. The number of benzene rings is 1. The van der Waals surface area contributed by atoms with Crippen molar-refractivity contribution >= 4 is 23.6 Å². The highest BCUT2D eigenvalue weighted by Crippen LogP contribution is 2.20. The number of aromatic nitrogens is 3. The Morgan fingerprint density at radius 3 is 2.50 bits per heavy atom. The third-order valence-electron chi connectivity index (χ3n) is 2.52. The Labute approximate surface area is 114 Å². The van der Waals surface area contributed by atoms with E-state index in [4.69, 9.17) is 5.73 Å². The summed E-state index contributed by atoms with van der Waals surface area (Å²) in [6, 6.07) is 5.70. The van der Waals surface area contributed by atoms with Crippen molar-refractivity contribution in [2.45, 2.75) is 0 Å². The van der Waals surface area contributed by atoms with Crippen molar-refractivity contribution in [2.75, 3.05) is 24.8 Å². The van der Waals surface area contributed by atoms with Gasteiger partial charge < -0.3 is 15.4 Å². The molecule has 0 aliphatic carbocycles. The van der Waals surface area contributed by atoms with Crippen LogP contribution in [0.2, 0.25) is 0 Å². The van der Waals surface area contributed by atoms with Gasteiger partial charge in [0.15, 0.2) is 0 Å². The average Bonchev–Trinajstić information content (AvgIpc) is 2.45. The molecule has 1 heterocycles. The summed E-state index contributed by atoms with van der Waals surface area (Å²) in [5.41, 5.74) is 6.17. The van der Waals surface area contributed by atoms with Gasteiger partial charge in [0.2, 0.25) is 17.7 Å². The predicted molar refractivity (Wildman–Crippen MR) is 70.0 cm³/mol. The third kappa shape index (κ3) is 2.79. The van der Waals surface area contributed by atoms with Gasteiger partial charge in [-0.25, -0.2) is 9.18 Å². The van der Waals surface area contributed by atoms with Crippen molar-refractivity contribution in [3.8, 4) is 0 Å². The highest BCUT2D eigenvalue weighted by molar-refractivity contribution is 5.85. The molecule has 0 amide bonds. The summed E-state index contributed by atoms with van der Waals surface area (Å²) in [4.78, 5) is 24.5. The predicted octanol–water partition coefficient (Wildman–Crippen LogP) is 1.15. The maximum atomic E-state index is 12.9. The van der Waals surface area contributed by atoms with Gasteiger partial charge >= 0.3 is 5.97 Å². The number of halogens is 1. The zero-order valence-electron chi connectivity index (χ0n) is 10.9. The van der Waals surface area contributed by atoms with Gasteiger partial charge in [0.25, 0.3) is 0 Å². The molecule has 0 aliphatic rings. The van der Waals surface area contributed by atoms with Gasteiger partial charge in [-0.15, -0.1) is 0 Å². The molecule has 0 bridgehead atoms. The number of anilines is 3. The van der Waals surface area contributed by atoms with Gasteiger partial charge in [-0.2, -0.15) is 15.0 Å². The molecule has 0 spiro atoms. The minimum absolute atomic E-state index is 0.107. The third-order valence-corrected chi connectivity index (χ3v) is 2.52. The molecule has 20 heavy (non-hydrogen) atoms. The molecule has 8 heteroatoms. The molecular weight excluding hydrogens is 265 g/mol. The zero-order chi connectivity index (χ0) is 14.7. The van der Waals surface area contributed by atoms with Crippen LogP contribution in [0.3, 0.4) is 0 Å². The van der Waals surface area contributed by atoms with Gasteiger partial charge in [-0.05, 0) is 24.3 Å². The van der Waals surface area contributed by atoms with Crippen molar-refractivity contribution in [3.63, 3.8) is 0 Å². The molecule has 7 nitrogen and oxygen atoms in total. The van der Waals surface area contributed by atoms with Crippen molar-refractivity contribution in [3.05, 3.63) is 35.9 Å². The molecule has 0 atom stereocenters. The molecular formula is C12H12FN5O2. The Balaban J connectivity index is 2.39. The minimum atomic E-state index is -0.715. The van der Waals surface area contributed by atoms with Crippen molar-refractivity contribution in [1.29, 1.82) is 0 Å². The number of carbonyl (C=O) groups excluding carboxylic acids is 1. The van der Waals surface area contributed by atoms with Gasteiger partial charge in [-0.1, -0.05) is 0 Å². The Morgan fingerprint density at radius 2 is 1.90 bits per heavy atom. The van der Waals surface area contributed by atoms with E-state index in [1.165, 1.54) is 19.2 Å². The first-order chi connectivity index (χ1) is 9.51. The van der Waals surface area contributed by atoms with Gasteiger partial charge in [-0.3, -0.25) is 0 Å². The number of nitrogens with two attached hydrogens (primary N) is 1. The van der Waals surface area contributed by atoms with Crippen LogP contribution in [0.1, 0.15) is 10.6 Å². The van der Waals surface area contributed by atoms with Crippen molar-refractivity contribution < 1.29 is 13.9 Å². The average molecular weight is 277 g/mol. The second-order valence-electron chi connectivity index (χ2n) is 3.84. The molecule has 0 saturated heterocycles. The second-order valence-corrected chi connectivity index (χ2v) is 3.84. The number of esters is 1. The van der Waals surface area contributed by atoms with Crippen LogP contribution in [0.15, 0.2) is 24.3 Å². The summed E-state index contributed by atoms with van der Waals surface area (Å²) >= 11 is 0. The first-order valence-corrected chi connectivity index (χ1v) is 5.60. The van der Waals surface area contributed by atoms with Crippen LogP contribution in [-0.4, -0.2) is 35.1 Å². The van der Waals surface area contributed by atoms with Crippen LogP contribution in [0.4, 0.5) is 22.0 Å². The smallest absolute Gasteiger partial charge is 0.376 e. The van der Waals surface area contributed by atoms with Crippen molar-refractivity contribution in [2.24, 2.45) is 0 Å². The number of hydrogen-bond acceptors (Lipinski definition) is 7. The SMILES string of the molecule is COC(=O)c1nc(N)nc(N(C)c2ccc(F)cc2)n1. The topological polar surface area (TPSA) is 94.2 Å². The van der Waals surface area contributed by atoms with E-state index in [9.17, 15) is 9.18 Å². The Morgan fingerprint density at radius 1 is 1.25 bits per heavy atom. The van der Waals surface area contributed by atoms with Crippen LogP contribution >= 0.6 is 0 Å². The highest BCUT2D eigenvalue weighted by Gasteiger charge is 2.16. The van der Waals surface area contributed by atoms with Gasteiger partial charge in [0, 0.05) is 12.7 Å². The summed E-state index contributed by atoms with van der Waals surface area (Å²) in [5, 5.41) is 0. The summed E-state index contributed by atoms with van der Waals surface area (Å²) in [7, 11) is 2.87. The minimum Gasteiger partial charge on any atom is -0.463 e. The molecule has 2 aromatic rings. The van der Waals surface area contributed by atoms with Gasteiger partial charge in [0.05, 0.1) is 7.11 Å². The fourth-order valence-electron chi connectivity index (χ4n) is 1.49.